The first-order valence-corrected chi connectivity index (χ1v) is 9.20. The highest BCUT2D eigenvalue weighted by molar-refractivity contribution is 5.87. The topological polar surface area (TPSA) is 52.6 Å². The standard InChI is InChI=1S/C21H30N2O2/c1-3-17(4-2)9-10-21(25)22-15-18-7-5-6-8-19(18)16-23-13-11-20(24)12-14-23/h3,5-10,20,24H,4,11-16H2,1-2H3,(H,22,25). The summed E-state index contributed by atoms with van der Waals surface area (Å²) in [6.45, 7) is 7.31. The van der Waals surface area contributed by atoms with Crippen molar-refractivity contribution in [3.63, 3.8) is 0 Å². The summed E-state index contributed by atoms with van der Waals surface area (Å²) in [5.74, 6) is -0.0660. The SMILES string of the molecule is CC=C(C=CC(=O)NCc1ccccc1CN1CCC(O)CC1)CC. The van der Waals surface area contributed by atoms with Gasteiger partial charge in [0.15, 0.2) is 0 Å². The van der Waals surface area contributed by atoms with Gasteiger partial charge in [0.1, 0.15) is 0 Å². The van der Waals surface area contributed by atoms with Crippen LogP contribution in [0.15, 0.2) is 48.1 Å². The van der Waals surface area contributed by atoms with E-state index in [9.17, 15) is 9.90 Å². The molecule has 4 heteroatoms. The van der Waals surface area contributed by atoms with Gasteiger partial charge in [-0.1, -0.05) is 48.9 Å². The Hall–Kier alpha value is -1.91. The van der Waals surface area contributed by atoms with E-state index in [2.05, 4.69) is 29.3 Å². The van der Waals surface area contributed by atoms with Crippen LogP contribution in [0.2, 0.25) is 0 Å². The number of carbonyl (C=O) groups excluding carboxylic acids is 1. The molecule has 1 aromatic carbocycles. The van der Waals surface area contributed by atoms with Crippen molar-refractivity contribution in [3.8, 4) is 0 Å². The Labute approximate surface area is 151 Å². The molecule has 0 unspecified atom stereocenters. The number of nitrogens with one attached hydrogen (secondary N) is 1. The monoisotopic (exact) mass is 342 g/mol. The van der Waals surface area contributed by atoms with Gasteiger partial charge in [-0.15, -0.1) is 0 Å². The number of allylic oxidation sites excluding steroid dienone is 3. The number of rotatable bonds is 7. The van der Waals surface area contributed by atoms with Gasteiger partial charge in [0.05, 0.1) is 6.10 Å². The molecule has 25 heavy (non-hydrogen) atoms. The van der Waals surface area contributed by atoms with Crippen molar-refractivity contribution >= 4 is 5.91 Å². The molecule has 0 bridgehead atoms. The van der Waals surface area contributed by atoms with E-state index in [0.29, 0.717) is 6.54 Å². The van der Waals surface area contributed by atoms with Crippen LogP contribution in [0.4, 0.5) is 0 Å². The first kappa shape index (κ1) is 19.4. The Bertz CT molecular complexity index is 614. The number of piperidine rings is 1. The lowest BCUT2D eigenvalue weighted by molar-refractivity contribution is -0.116. The predicted octanol–water partition coefficient (Wildman–Crippen LogP) is 3.17. The van der Waals surface area contributed by atoms with E-state index in [0.717, 1.165) is 50.0 Å². The highest BCUT2D eigenvalue weighted by atomic mass is 16.3. The zero-order valence-corrected chi connectivity index (χ0v) is 15.4. The van der Waals surface area contributed by atoms with Gasteiger partial charge in [-0.25, -0.2) is 0 Å². The second-order valence-electron chi connectivity index (χ2n) is 6.54. The third kappa shape index (κ3) is 6.48. The van der Waals surface area contributed by atoms with Crippen LogP contribution >= 0.6 is 0 Å². The van der Waals surface area contributed by atoms with Crippen molar-refractivity contribution in [2.75, 3.05) is 13.1 Å². The smallest absolute Gasteiger partial charge is 0.244 e. The number of amides is 1. The maximum Gasteiger partial charge on any atom is 0.244 e. The second-order valence-corrected chi connectivity index (χ2v) is 6.54. The molecular weight excluding hydrogens is 312 g/mol. The fraction of sp³-hybridized carbons (Fsp3) is 0.476. The van der Waals surface area contributed by atoms with Gasteiger partial charge in [-0.05, 0) is 37.3 Å². The van der Waals surface area contributed by atoms with E-state index in [1.54, 1.807) is 6.08 Å². The summed E-state index contributed by atoms with van der Waals surface area (Å²) in [7, 11) is 0. The van der Waals surface area contributed by atoms with Crippen LogP contribution in [-0.4, -0.2) is 35.1 Å². The number of benzene rings is 1. The van der Waals surface area contributed by atoms with E-state index in [-0.39, 0.29) is 12.0 Å². The van der Waals surface area contributed by atoms with Crippen LogP contribution in [0.25, 0.3) is 0 Å². The van der Waals surface area contributed by atoms with Gasteiger partial charge in [0, 0.05) is 32.3 Å². The van der Waals surface area contributed by atoms with E-state index in [4.69, 9.17) is 0 Å². The van der Waals surface area contributed by atoms with Gasteiger partial charge in [-0.3, -0.25) is 9.69 Å². The molecule has 1 amide bonds. The number of hydrogen-bond donors (Lipinski definition) is 2. The lowest BCUT2D eigenvalue weighted by Crippen LogP contribution is -2.35. The Morgan fingerprint density at radius 1 is 1.24 bits per heavy atom. The molecule has 0 radical (unpaired) electrons. The fourth-order valence-corrected chi connectivity index (χ4v) is 3.04. The molecular formula is C21H30N2O2. The minimum Gasteiger partial charge on any atom is -0.393 e. The molecule has 136 valence electrons. The molecule has 4 nitrogen and oxygen atoms in total. The Kier molecular flexibility index (Phi) is 7.89. The number of likely N-dealkylation sites (tertiary alicyclic amines) is 1. The predicted molar refractivity (Wildman–Crippen MR) is 102 cm³/mol. The minimum absolute atomic E-state index is 0.0660. The quantitative estimate of drug-likeness (QED) is 0.591. The highest BCUT2D eigenvalue weighted by Gasteiger charge is 2.17. The Morgan fingerprint density at radius 2 is 1.92 bits per heavy atom. The van der Waals surface area contributed by atoms with E-state index < -0.39 is 0 Å². The van der Waals surface area contributed by atoms with Crippen LogP contribution in [0, 0.1) is 0 Å². The molecule has 1 saturated heterocycles. The molecule has 2 N–H and O–H groups in total. The number of nitrogens with zero attached hydrogens (tertiary/aromatic N) is 1. The van der Waals surface area contributed by atoms with Crippen LogP contribution in [-0.2, 0) is 17.9 Å². The zero-order chi connectivity index (χ0) is 18.1. The number of carbonyl (C=O) groups is 1. The maximum absolute atomic E-state index is 12.0. The third-order valence-corrected chi connectivity index (χ3v) is 4.75. The molecule has 0 aromatic heterocycles. The minimum atomic E-state index is -0.150. The fourth-order valence-electron chi connectivity index (χ4n) is 3.04. The number of aliphatic hydroxyl groups excluding tert-OH is 1. The van der Waals surface area contributed by atoms with Crippen molar-refractivity contribution in [2.24, 2.45) is 0 Å². The summed E-state index contributed by atoms with van der Waals surface area (Å²) in [5.41, 5.74) is 3.55. The van der Waals surface area contributed by atoms with Gasteiger partial charge in [0.25, 0.3) is 0 Å². The molecule has 1 fully saturated rings. The van der Waals surface area contributed by atoms with Crippen LogP contribution in [0.1, 0.15) is 44.2 Å². The summed E-state index contributed by atoms with van der Waals surface area (Å²) >= 11 is 0. The molecule has 1 aliphatic heterocycles. The average molecular weight is 342 g/mol. The van der Waals surface area contributed by atoms with E-state index in [1.165, 1.54) is 5.56 Å². The van der Waals surface area contributed by atoms with Crippen molar-refractivity contribution in [1.82, 2.24) is 10.2 Å². The first-order chi connectivity index (χ1) is 12.1. The largest absolute Gasteiger partial charge is 0.393 e. The summed E-state index contributed by atoms with van der Waals surface area (Å²) in [6, 6.07) is 8.24. The van der Waals surface area contributed by atoms with Gasteiger partial charge >= 0.3 is 0 Å². The van der Waals surface area contributed by atoms with Gasteiger partial charge in [0.2, 0.25) is 5.91 Å². The molecule has 1 aliphatic rings. The van der Waals surface area contributed by atoms with E-state index >= 15 is 0 Å². The highest BCUT2D eigenvalue weighted by Crippen LogP contribution is 2.16. The zero-order valence-electron chi connectivity index (χ0n) is 15.4. The molecule has 2 rings (SSSR count). The number of hydrogen-bond acceptors (Lipinski definition) is 3. The molecule has 1 heterocycles. The van der Waals surface area contributed by atoms with Gasteiger partial charge in [-0.2, -0.15) is 0 Å². The molecule has 0 saturated carbocycles. The Morgan fingerprint density at radius 3 is 2.56 bits per heavy atom. The van der Waals surface area contributed by atoms with Crippen LogP contribution in [0.5, 0.6) is 0 Å². The van der Waals surface area contributed by atoms with Gasteiger partial charge < -0.3 is 10.4 Å². The van der Waals surface area contributed by atoms with Crippen LogP contribution in [0.3, 0.4) is 0 Å². The van der Waals surface area contributed by atoms with Crippen molar-refractivity contribution < 1.29 is 9.90 Å². The van der Waals surface area contributed by atoms with Crippen LogP contribution < -0.4 is 5.32 Å². The Balaban J connectivity index is 1.91. The van der Waals surface area contributed by atoms with Crippen molar-refractivity contribution in [2.45, 2.75) is 52.3 Å². The lowest BCUT2D eigenvalue weighted by atomic mass is 10.0. The lowest BCUT2D eigenvalue weighted by Gasteiger charge is -2.30. The average Bonchev–Trinajstić information content (AvgIpc) is 2.63. The molecule has 0 aliphatic carbocycles. The molecule has 0 atom stereocenters. The normalized spacial score (nSPS) is 17.2. The first-order valence-electron chi connectivity index (χ1n) is 9.20. The van der Waals surface area contributed by atoms with Crippen molar-refractivity contribution in [3.05, 3.63) is 59.2 Å². The van der Waals surface area contributed by atoms with E-state index in [1.807, 2.05) is 31.2 Å². The summed E-state index contributed by atoms with van der Waals surface area (Å²) in [6.07, 6.45) is 7.96. The summed E-state index contributed by atoms with van der Waals surface area (Å²) in [4.78, 5) is 14.4. The number of aliphatic hydroxyl groups is 1. The second kappa shape index (κ2) is 10.2. The maximum atomic E-state index is 12.0. The molecule has 0 spiro atoms. The van der Waals surface area contributed by atoms with Crippen molar-refractivity contribution in [1.29, 1.82) is 0 Å². The molecule has 1 aromatic rings. The summed E-state index contributed by atoms with van der Waals surface area (Å²) < 4.78 is 0. The third-order valence-electron chi connectivity index (χ3n) is 4.75. The summed E-state index contributed by atoms with van der Waals surface area (Å²) in [5, 5.41) is 12.6.